The Labute approximate surface area is 106 Å². The summed E-state index contributed by atoms with van der Waals surface area (Å²) in [6.45, 7) is 2.94. The number of aliphatic imine (C=N–C) groups is 1. The highest BCUT2D eigenvalue weighted by Crippen LogP contribution is 2.48. The highest BCUT2D eigenvalue weighted by molar-refractivity contribution is 5.98. The van der Waals surface area contributed by atoms with E-state index in [4.69, 9.17) is 5.73 Å². The van der Waals surface area contributed by atoms with Crippen LogP contribution in [0.4, 0.5) is 10.1 Å². The molecule has 4 heteroatoms. The van der Waals surface area contributed by atoms with Gasteiger partial charge in [0.1, 0.15) is 5.82 Å². The van der Waals surface area contributed by atoms with Gasteiger partial charge in [0.05, 0.1) is 12.1 Å². The van der Waals surface area contributed by atoms with Crippen molar-refractivity contribution in [1.82, 2.24) is 0 Å². The molecule has 18 heavy (non-hydrogen) atoms. The fourth-order valence-electron chi connectivity index (χ4n) is 3.06. The van der Waals surface area contributed by atoms with Crippen molar-refractivity contribution in [3.63, 3.8) is 0 Å². The Morgan fingerprint density at radius 1 is 1.39 bits per heavy atom. The molecule has 1 unspecified atom stereocenters. The number of halogens is 1. The number of nitrogens with two attached hydrogens (primary N) is 1. The van der Waals surface area contributed by atoms with E-state index in [1.54, 1.807) is 12.1 Å². The van der Waals surface area contributed by atoms with E-state index in [2.05, 4.69) is 16.8 Å². The maximum absolute atomic E-state index is 13.0. The van der Waals surface area contributed by atoms with Crippen LogP contribution in [0.25, 0.3) is 0 Å². The van der Waals surface area contributed by atoms with Crippen LogP contribution in [0.5, 0.6) is 0 Å². The monoisotopic (exact) mass is 247 g/mol. The third-order valence-electron chi connectivity index (χ3n) is 4.22. The maximum Gasteiger partial charge on any atom is 0.196 e. The summed E-state index contributed by atoms with van der Waals surface area (Å²) >= 11 is 0. The van der Waals surface area contributed by atoms with E-state index in [0.717, 1.165) is 18.7 Å². The topological polar surface area (TPSA) is 41.6 Å². The molecular weight excluding hydrogens is 229 g/mol. The first-order chi connectivity index (χ1) is 8.67. The molecule has 3 nitrogen and oxygen atoms in total. The van der Waals surface area contributed by atoms with E-state index in [1.807, 2.05) is 0 Å². The van der Waals surface area contributed by atoms with Gasteiger partial charge in [-0.25, -0.2) is 4.39 Å². The molecule has 1 aliphatic heterocycles. The van der Waals surface area contributed by atoms with Crippen LogP contribution in [0.15, 0.2) is 29.3 Å². The fourth-order valence-corrected chi connectivity index (χ4v) is 3.06. The molecule has 0 bridgehead atoms. The molecule has 1 aromatic rings. The van der Waals surface area contributed by atoms with Crippen molar-refractivity contribution in [2.75, 3.05) is 11.4 Å². The molecule has 0 saturated heterocycles. The minimum Gasteiger partial charge on any atom is -0.369 e. The summed E-state index contributed by atoms with van der Waals surface area (Å²) in [6, 6.07) is 6.54. The van der Waals surface area contributed by atoms with Crippen LogP contribution >= 0.6 is 0 Å². The average Bonchev–Trinajstić information content (AvgIpc) is 3.17. The van der Waals surface area contributed by atoms with E-state index >= 15 is 0 Å². The summed E-state index contributed by atoms with van der Waals surface area (Å²) in [7, 11) is 0. The Hall–Kier alpha value is -1.58. The molecule has 3 rings (SSSR count). The molecule has 1 aromatic carbocycles. The second-order valence-corrected chi connectivity index (χ2v) is 5.22. The normalized spacial score (nSPS) is 27.4. The van der Waals surface area contributed by atoms with E-state index in [9.17, 15) is 4.39 Å². The van der Waals surface area contributed by atoms with Gasteiger partial charge in [0.2, 0.25) is 0 Å². The van der Waals surface area contributed by atoms with Crippen LogP contribution in [-0.4, -0.2) is 18.0 Å². The van der Waals surface area contributed by atoms with Gasteiger partial charge in [-0.05, 0) is 49.4 Å². The summed E-state index contributed by atoms with van der Waals surface area (Å²) < 4.78 is 13.0. The van der Waals surface area contributed by atoms with Crippen molar-refractivity contribution in [3.05, 3.63) is 30.1 Å². The van der Waals surface area contributed by atoms with Crippen molar-refractivity contribution in [3.8, 4) is 0 Å². The lowest BCUT2D eigenvalue weighted by molar-refractivity contribution is 0.386. The van der Waals surface area contributed by atoms with Crippen LogP contribution in [0, 0.1) is 11.7 Å². The molecule has 0 spiro atoms. The number of rotatable bonds is 3. The zero-order chi connectivity index (χ0) is 12.8. The molecule has 96 valence electrons. The van der Waals surface area contributed by atoms with Crippen LogP contribution < -0.4 is 10.6 Å². The molecule has 1 aliphatic carbocycles. The standard InChI is InChI=1S/C14H18FN3/c1-2-14(10-3-4-10)9-17-13(16)18(14)12-7-5-11(15)6-8-12/h5-8,10H,2-4,9H2,1H3,(H2,16,17). The van der Waals surface area contributed by atoms with E-state index in [0.29, 0.717) is 11.9 Å². The zero-order valence-electron chi connectivity index (χ0n) is 10.6. The summed E-state index contributed by atoms with van der Waals surface area (Å²) in [6.07, 6.45) is 3.50. The van der Waals surface area contributed by atoms with Crippen LogP contribution in [-0.2, 0) is 0 Å². The highest BCUT2D eigenvalue weighted by Gasteiger charge is 2.52. The van der Waals surface area contributed by atoms with Gasteiger partial charge in [0.15, 0.2) is 5.96 Å². The van der Waals surface area contributed by atoms with Gasteiger partial charge in [0, 0.05) is 5.69 Å². The van der Waals surface area contributed by atoms with E-state index in [1.165, 1.54) is 25.0 Å². The number of hydrogen-bond acceptors (Lipinski definition) is 3. The molecule has 1 atom stereocenters. The lowest BCUT2D eigenvalue weighted by Crippen LogP contribution is -2.53. The Bertz CT molecular complexity index is 478. The Morgan fingerprint density at radius 3 is 2.61 bits per heavy atom. The highest BCUT2D eigenvalue weighted by atomic mass is 19.1. The molecular formula is C14H18FN3. The average molecular weight is 247 g/mol. The van der Waals surface area contributed by atoms with Crippen molar-refractivity contribution in [2.24, 2.45) is 16.6 Å². The van der Waals surface area contributed by atoms with Crippen molar-refractivity contribution in [2.45, 2.75) is 31.7 Å². The second kappa shape index (κ2) is 3.97. The molecule has 1 saturated carbocycles. The molecule has 2 aliphatic rings. The first kappa shape index (κ1) is 11.5. The van der Waals surface area contributed by atoms with Crippen LogP contribution in [0.2, 0.25) is 0 Å². The first-order valence-corrected chi connectivity index (χ1v) is 6.53. The number of anilines is 1. The summed E-state index contributed by atoms with van der Waals surface area (Å²) in [5, 5.41) is 0. The van der Waals surface area contributed by atoms with Crippen LogP contribution in [0.3, 0.4) is 0 Å². The van der Waals surface area contributed by atoms with E-state index in [-0.39, 0.29) is 11.4 Å². The molecule has 2 N–H and O–H groups in total. The summed E-state index contributed by atoms with van der Waals surface area (Å²) in [5.41, 5.74) is 7.01. The maximum atomic E-state index is 13.0. The second-order valence-electron chi connectivity index (χ2n) is 5.22. The van der Waals surface area contributed by atoms with E-state index < -0.39 is 0 Å². The summed E-state index contributed by atoms with van der Waals surface area (Å²) in [4.78, 5) is 6.54. The first-order valence-electron chi connectivity index (χ1n) is 6.53. The number of guanidine groups is 1. The van der Waals surface area contributed by atoms with Gasteiger partial charge in [-0.15, -0.1) is 0 Å². The SMILES string of the molecule is CCC1(C2CC2)CN=C(N)N1c1ccc(F)cc1. The fraction of sp³-hybridized carbons (Fsp3) is 0.500. The quantitative estimate of drug-likeness (QED) is 0.891. The third kappa shape index (κ3) is 1.59. The third-order valence-corrected chi connectivity index (χ3v) is 4.22. The predicted octanol–water partition coefficient (Wildman–Crippen LogP) is 2.52. The predicted molar refractivity (Wildman–Crippen MR) is 71.1 cm³/mol. The molecule has 1 heterocycles. The lowest BCUT2D eigenvalue weighted by atomic mass is 9.88. The number of benzene rings is 1. The Morgan fingerprint density at radius 2 is 2.06 bits per heavy atom. The van der Waals surface area contributed by atoms with Crippen LogP contribution in [0.1, 0.15) is 26.2 Å². The Kier molecular flexibility index (Phi) is 2.54. The molecule has 0 radical (unpaired) electrons. The van der Waals surface area contributed by atoms with Gasteiger partial charge < -0.3 is 10.6 Å². The molecule has 0 aromatic heterocycles. The van der Waals surface area contributed by atoms with Gasteiger partial charge in [-0.2, -0.15) is 0 Å². The van der Waals surface area contributed by atoms with Gasteiger partial charge in [-0.1, -0.05) is 6.92 Å². The lowest BCUT2D eigenvalue weighted by Gasteiger charge is -2.39. The minimum atomic E-state index is -0.220. The number of hydrogen-bond donors (Lipinski definition) is 1. The summed E-state index contributed by atoms with van der Waals surface area (Å²) in [5.74, 6) is 1.01. The van der Waals surface area contributed by atoms with Gasteiger partial charge >= 0.3 is 0 Å². The van der Waals surface area contributed by atoms with Gasteiger partial charge in [0.25, 0.3) is 0 Å². The largest absolute Gasteiger partial charge is 0.369 e. The van der Waals surface area contributed by atoms with Gasteiger partial charge in [-0.3, -0.25) is 4.99 Å². The number of nitrogens with zero attached hydrogens (tertiary/aromatic N) is 2. The smallest absolute Gasteiger partial charge is 0.196 e. The zero-order valence-corrected chi connectivity index (χ0v) is 10.6. The van der Waals surface area contributed by atoms with Crippen molar-refractivity contribution < 1.29 is 4.39 Å². The van der Waals surface area contributed by atoms with Crippen molar-refractivity contribution >= 4 is 11.6 Å². The molecule has 1 fully saturated rings. The molecule has 0 amide bonds. The Balaban J connectivity index is 2.00. The minimum absolute atomic E-state index is 0.0158. The van der Waals surface area contributed by atoms with Crippen molar-refractivity contribution in [1.29, 1.82) is 0 Å².